The molecule has 2 aromatic rings. The second-order valence-electron chi connectivity index (χ2n) is 7.72. The van der Waals surface area contributed by atoms with Crippen molar-refractivity contribution in [1.29, 1.82) is 0 Å². The molecule has 7 heteroatoms. The van der Waals surface area contributed by atoms with Crippen LogP contribution in [0, 0.1) is 5.41 Å². The van der Waals surface area contributed by atoms with Crippen LogP contribution in [-0.4, -0.2) is 25.0 Å². The van der Waals surface area contributed by atoms with Crippen molar-refractivity contribution in [1.82, 2.24) is 16.0 Å². The summed E-state index contributed by atoms with van der Waals surface area (Å²) < 4.78 is 5.25. The summed E-state index contributed by atoms with van der Waals surface area (Å²) in [5, 5.41) is 9.70. The number of carbonyl (C=O) groups excluding carboxylic acids is 1. The zero-order chi connectivity index (χ0) is 20.5. The van der Waals surface area contributed by atoms with E-state index in [-0.39, 0.29) is 29.9 Å². The number of aliphatic imine (C=N–C) groups is 1. The summed E-state index contributed by atoms with van der Waals surface area (Å²) in [5.41, 5.74) is 2.06. The number of rotatable bonds is 9. The standard InChI is InChI=1S/C23H32N4O2.HI/c1-3-23(11-7-12-23)17-27-22(24-4-2)26-15-18-8-5-9-19(14-18)21(28)25-16-20-10-6-13-29-20;/h5-6,8-10,13-14H,3-4,7,11-12,15-17H2,1-2H3,(H,25,28)(H2,24,26,27);1H. The quantitative estimate of drug-likeness (QED) is 0.257. The number of hydrogen-bond acceptors (Lipinski definition) is 3. The molecule has 1 heterocycles. The molecule has 1 amide bonds. The summed E-state index contributed by atoms with van der Waals surface area (Å²) in [7, 11) is 0. The predicted molar refractivity (Wildman–Crippen MR) is 131 cm³/mol. The minimum Gasteiger partial charge on any atom is -0.467 e. The van der Waals surface area contributed by atoms with E-state index < -0.39 is 0 Å². The molecule has 0 spiro atoms. The van der Waals surface area contributed by atoms with Gasteiger partial charge in [-0.15, -0.1) is 24.0 Å². The smallest absolute Gasteiger partial charge is 0.251 e. The first-order valence-electron chi connectivity index (χ1n) is 10.6. The maximum absolute atomic E-state index is 12.4. The van der Waals surface area contributed by atoms with Gasteiger partial charge < -0.3 is 20.4 Å². The second kappa shape index (κ2) is 12.0. The molecule has 0 unspecified atom stereocenters. The Morgan fingerprint density at radius 3 is 2.60 bits per heavy atom. The van der Waals surface area contributed by atoms with Crippen LogP contribution in [0.1, 0.15) is 61.2 Å². The molecule has 164 valence electrons. The monoisotopic (exact) mass is 524 g/mol. The fourth-order valence-electron chi connectivity index (χ4n) is 3.61. The largest absolute Gasteiger partial charge is 0.467 e. The summed E-state index contributed by atoms with van der Waals surface area (Å²) in [6.45, 7) is 7.02. The Morgan fingerprint density at radius 2 is 1.97 bits per heavy atom. The fraction of sp³-hybridized carbons (Fsp3) is 0.478. The van der Waals surface area contributed by atoms with Crippen molar-refractivity contribution in [3.05, 3.63) is 59.5 Å². The Labute approximate surface area is 196 Å². The minimum atomic E-state index is -0.118. The minimum absolute atomic E-state index is 0. The molecule has 0 saturated heterocycles. The zero-order valence-electron chi connectivity index (χ0n) is 17.9. The van der Waals surface area contributed by atoms with Crippen molar-refractivity contribution in [3.63, 3.8) is 0 Å². The van der Waals surface area contributed by atoms with Crippen molar-refractivity contribution in [2.45, 2.75) is 52.6 Å². The van der Waals surface area contributed by atoms with E-state index in [1.54, 1.807) is 6.26 Å². The van der Waals surface area contributed by atoms with Gasteiger partial charge in [0.1, 0.15) is 5.76 Å². The van der Waals surface area contributed by atoms with Gasteiger partial charge in [0.15, 0.2) is 5.96 Å². The highest BCUT2D eigenvalue weighted by Gasteiger charge is 2.34. The number of carbonyl (C=O) groups is 1. The van der Waals surface area contributed by atoms with E-state index >= 15 is 0 Å². The van der Waals surface area contributed by atoms with Crippen molar-refractivity contribution in [2.75, 3.05) is 13.1 Å². The topological polar surface area (TPSA) is 78.7 Å². The molecular weight excluding hydrogens is 491 g/mol. The van der Waals surface area contributed by atoms with Gasteiger partial charge >= 0.3 is 0 Å². The van der Waals surface area contributed by atoms with Crippen LogP contribution < -0.4 is 16.0 Å². The fourth-order valence-corrected chi connectivity index (χ4v) is 3.61. The van der Waals surface area contributed by atoms with Crippen molar-refractivity contribution in [3.8, 4) is 0 Å². The molecule has 1 aliphatic rings. The molecule has 1 saturated carbocycles. The van der Waals surface area contributed by atoms with Crippen LogP contribution in [0.3, 0.4) is 0 Å². The molecule has 0 atom stereocenters. The molecule has 0 bridgehead atoms. The van der Waals surface area contributed by atoms with Crippen LogP contribution in [-0.2, 0) is 13.1 Å². The normalized spacial score (nSPS) is 14.9. The molecule has 1 aliphatic carbocycles. The van der Waals surface area contributed by atoms with E-state index in [0.717, 1.165) is 30.4 Å². The van der Waals surface area contributed by atoms with Crippen LogP contribution in [0.25, 0.3) is 0 Å². The van der Waals surface area contributed by atoms with Gasteiger partial charge in [0.05, 0.1) is 19.4 Å². The third kappa shape index (κ3) is 6.75. The highest BCUT2D eigenvalue weighted by Crippen LogP contribution is 2.42. The Balaban J connectivity index is 0.00000320. The third-order valence-corrected chi connectivity index (χ3v) is 5.75. The number of amides is 1. The Hall–Kier alpha value is -2.03. The van der Waals surface area contributed by atoms with Gasteiger partial charge in [0.2, 0.25) is 0 Å². The molecule has 1 aromatic carbocycles. The summed E-state index contributed by atoms with van der Waals surface area (Å²) >= 11 is 0. The number of guanidine groups is 1. The molecule has 6 nitrogen and oxygen atoms in total. The Kier molecular flexibility index (Phi) is 9.68. The highest BCUT2D eigenvalue weighted by molar-refractivity contribution is 14.0. The van der Waals surface area contributed by atoms with Crippen molar-refractivity contribution in [2.24, 2.45) is 10.4 Å². The number of hydrogen-bond donors (Lipinski definition) is 3. The van der Waals surface area contributed by atoms with Crippen LogP contribution in [0.5, 0.6) is 0 Å². The van der Waals surface area contributed by atoms with Crippen LogP contribution in [0.15, 0.2) is 52.1 Å². The second-order valence-corrected chi connectivity index (χ2v) is 7.72. The van der Waals surface area contributed by atoms with Gasteiger partial charge in [-0.3, -0.25) is 4.79 Å². The number of benzene rings is 1. The SMILES string of the molecule is CCNC(=NCc1cccc(C(=O)NCc2ccco2)c1)NCC1(CC)CCC1.I. The van der Waals surface area contributed by atoms with Gasteiger partial charge in [0, 0.05) is 18.7 Å². The van der Waals surface area contributed by atoms with E-state index in [0.29, 0.717) is 24.1 Å². The van der Waals surface area contributed by atoms with E-state index in [9.17, 15) is 4.79 Å². The molecule has 0 aliphatic heterocycles. The average Bonchev–Trinajstić information content (AvgIpc) is 3.23. The maximum Gasteiger partial charge on any atom is 0.251 e. The molecule has 1 fully saturated rings. The highest BCUT2D eigenvalue weighted by atomic mass is 127. The average molecular weight is 524 g/mol. The number of furan rings is 1. The number of halogens is 1. The molecular formula is C23H33IN4O2. The first-order chi connectivity index (χ1) is 14.1. The first-order valence-corrected chi connectivity index (χ1v) is 10.6. The lowest BCUT2D eigenvalue weighted by Crippen LogP contribution is -2.46. The number of nitrogens with one attached hydrogen (secondary N) is 3. The predicted octanol–water partition coefficient (Wildman–Crippen LogP) is 4.46. The molecule has 30 heavy (non-hydrogen) atoms. The van der Waals surface area contributed by atoms with Gasteiger partial charge in [-0.05, 0) is 61.4 Å². The maximum atomic E-state index is 12.4. The van der Waals surface area contributed by atoms with Crippen LogP contribution in [0.4, 0.5) is 0 Å². The summed E-state index contributed by atoms with van der Waals surface area (Å²) in [5.74, 6) is 1.45. The van der Waals surface area contributed by atoms with E-state index in [1.807, 2.05) is 36.4 Å². The van der Waals surface area contributed by atoms with Gasteiger partial charge in [-0.25, -0.2) is 4.99 Å². The van der Waals surface area contributed by atoms with E-state index in [2.05, 4.69) is 29.8 Å². The van der Waals surface area contributed by atoms with Crippen LogP contribution in [0.2, 0.25) is 0 Å². The molecule has 1 aromatic heterocycles. The zero-order valence-corrected chi connectivity index (χ0v) is 20.2. The molecule has 3 rings (SSSR count). The lowest BCUT2D eigenvalue weighted by atomic mass is 9.67. The van der Waals surface area contributed by atoms with Crippen molar-refractivity contribution >= 4 is 35.8 Å². The Morgan fingerprint density at radius 1 is 1.13 bits per heavy atom. The van der Waals surface area contributed by atoms with Gasteiger partial charge in [-0.1, -0.05) is 25.5 Å². The van der Waals surface area contributed by atoms with E-state index in [1.165, 1.54) is 25.7 Å². The lowest BCUT2D eigenvalue weighted by Gasteiger charge is -2.41. The van der Waals surface area contributed by atoms with Gasteiger partial charge in [0.25, 0.3) is 5.91 Å². The van der Waals surface area contributed by atoms with Crippen LogP contribution >= 0.6 is 24.0 Å². The van der Waals surface area contributed by atoms with E-state index in [4.69, 9.17) is 9.41 Å². The number of nitrogens with zero attached hydrogens (tertiary/aromatic N) is 1. The third-order valence-electron chi connectivity index (χ3n) is 5.75. The molecule has 0 radical (unpaired) electrons. The summed E-state index contributed by atoms with van der Waals surface area (Å²) in [6, 6.07) is 11.2. The van der Waals surface area contributed by atoms with Crippen molar-refractivity contribution < 1.29 is 9.21 Å². The lowest BCUT2D eigenvalue weighted by molar-refractivity contribution is 0.0948. The van der Waals surface area contributed by atoms with Gasteiger partial charge in [-0.2, -0.15) is 0 Å². The Bertz CT molecular complexity index is 811. The summed E-state index contributed by atoms with van der Waals surface area (Å²) in [6.07, 6.45) is 6.73. The summed E-state index contributed by atoms with van der Waals surface area (Å²) in [4.78, 5) is 17.1. The first kappa shape index (κ1) is 24.2. The molecule has 3 N–H and O–H groups in total.